The maximum Gasteiger partial charge on any atom is 0.323 e. The molecule has 0 bridgehead atoms. The molecule has 202 valence electrons. The molecule has 0 aliphatic carbocycles. The number of aromatic nitrogens is 3. The number of benzene rings is 3. The van der Waals surface area contributed by atoms with E-state index in [9.17, 15) is 4.79 Å². The normalized spacial score (nSPS) is 14.2. The lowest BCUT2D eigenvalue weighted by Crippen LogP contribution is -2.38. The van der Waals surface area contributed by atoms with E-state index in [2.05, 4.69) is 53.3 Å². The molecule has 8 nitrogen and oxygen atoms in total. The molecule has 40 heavy (non-hydrogen) atoms. The molecule has 2 amide bonds. The van der Waals surface area contributed by atoms with Crippen LogP contribution in [-0.4, -0.2) is 39.5 Å². The number of hydrogen-bond donors (Lipinski definition) is 1. The molecule has 3 aromatic carbocycles. The number of fused-ring (bicyclic) bond motifs is 3. The monoisotopic (exact) mass is 533 g/mol. The van der Waals surface area contributed by atoms with E-state index < -0.39 is 0 Å². The van der Waals surface area contributed by atoms with Gasteiger partial charge < -0.3 is 24.3 Å². The summed E-state index contributed by atoms with van der Waals surface area (Å²) in [6.07, 6.45) is 2.79. The highest BCUT2D eigenvalue weighted by Crippen LogP contribution is 2.39. The van der Waals surface area contributed by atoms with Gasteiger partial charge in [-0.1, -0.05) is 55.5 Å². The maximum absolute atomic E-state index is 14.2. The van der Waals surface area contributed by atoms with E-state index in [4.69, 9.17) is 14.6 Å². The molecule has 2 aromatic heterocycles. The first kappa shape index (κ1) is 25.3. The summed E-state index contributed by atoms with van der Waals surface area (Å²) >= 11 is 0. The van der Waals surface area contributed by atoms with Crippen LogP contribution in [0.2, 0.25) is 0 Å². The van der Waals surface area contributed by atoms with Crippen molar-refractivity contribution in [2.45, 2.75) is 25.9 Å². The third kappa shape index (κ3) is 4.37. The zero-order valence-corrected chi connectivity index (χ0v) is 22.7. The number of nitrogens with zero attached hydrogens (tertiary/aromatic N) is 4. The van der Waals surface area contributed by atoms with Crippen molar-refractivity contribution < 1.29 is 14.3 Å². The van der Waals surface area contributed by atoms with Crippen molar-refractivity contribution in [3.8, 4) is 23.0 Å². The zero-order chi connectivity index (χ0) is 27.6. The number of aryl methyl sites for hydroxylation is 1. The van der Waals surface area contributed by atoms with Crippen LogP contribution in [0.25, 0.3) is 11.5 Å². The van der Waals surface area contributed by atoms with Crippen LogP contribution < -0.4 is 14.8 Å². The number of ether oxygens (including phenoxy) is 2. The molecule has 0 radical (unpaired) electrons. The van der Waals surface area contributed by atoms with Gasteiger partial charge in [-0.2, -0.15) is 5.10 Å². The second kappa shape index (κ2) is 10.6. The minimum Gasteiger partial charge on any atom is -0.497 e. The first-order valence-corrected chi connectivity index (χ1v) is 13.3. The van der Waals surface area contributed by atoms with Crippen LogP contribution in [0.5, 0.6) is 11.5 Å². The molecular formula is C32H31N5O3. The molecule has 1 aliphatic rings. The molecule has 1 N–H and O–H groups in total. The number of rotatable bonds is 6. The molecule has 1 unspecified atom stereocenters. The molecular weight excluding hydrogens is 502 g/mol. The Labute approximate surface area is 233 Å². The summed E-state index contributed by atoms with van der Waals surface area (Å²) in [6, 6.07) is 29.1. The largest absolute Gasteiger partial charge is 0.497 e. The third-order valence-corrected chi connectivity index (χ3v) is 7.33. The van der Waals surface area contributed by atoms with Crippen molar-refractivity contribution in [3.63, 3.8) is 0 Å². The number of methoxy groups -OCH3 is 2. The highest BCUT2D eigenvalue weighted by atomic mass is 16.5. The second-order valence-electron chi connectivity index (χ2n) is 9.59. The number of carbonyl (C=O) groups is 1. The van der Waals surface area contributed by atoms with Gasteiger partial charge in [0.15, 0.2) is 0 Å². The smallest absolute Gasteiger partial charge is 0.323 e. The number of carbonyl (C=O) groups excluding carboxylic acids is 1. The van der Waals surface area contributed by atoms with Crippen LogP contribution in [0.4, 0.5) is 10.5 Å². The molecule has 0 saturated carbocycles. The van der Waals surface area contributed by atoms with Crippen molar-refractivity contribution in [1.29, 1.82) is 0 Å². The van der Waals surface area contributed by atoms with E-state index in [1.54, 1.807) is 32.4 Å². The van der Waals surface area contributed by atoms with E-state index >= 15 is 0 Å². The zero-order valence-electron chi connectivity index (χ0n) is 22.7. The van der Waals surface area contributed by atoms with E-state index in [-0.39, 0.29) is 12.1 Å². The Morgan fingerprint density at radius 3 is 2.40 bits per heavy atom. The Morgan fingerprint density at radius 1 is 0.950 bits per heavy atom. The lowest BCUT2D eigenvalue weighted by atomic mass is 10.0. The molecule has 1 atom stereocenters. The lowest BCUT2D eigenvalue weighted by Gasteiger charge is -2.31. The molecule has 1 aliphatic heterocycles. The average Bonchev–Trinajstić information content (AvgIpc) is 3.59. The second-order valence-corrected chi connectivity index (χ2v) is 9.59. The third-order valence-electron chi connectivity index (χ3n) is 7.33. The van der Waals surface area contributed by atoms with Crippen LogP contribution in [-0.2, 0) is 13.0 Å². The minimum atomic E-state index is -0.346. The van der Waals surface area contributed by atoms with Crippen molar-refractivity contribution in [3.05, 3.63) is 120 Å². The topological polar surface area (TPSA) is 73.6 Å². The molecule has 0 spiro atoms. The quantitative estimate of drug-likeness (QED) is 0.275. The number of anilines is 1. The predicted octanol–water partition coefficient (Wildman–Crippen LogP) is 6.38. The van der Waals surface area contributed by atoms with Gasteiger partial charge in [-0.15, -0.1) is 0 Å². The van der Waals surface area contributed by atoms with Crippen LogP contribution in [0, 0.1) is 0 Å². The summed E-state index contributed by atoms with van der Waals surface area (Å²) in [5.41, 5.74) is 5.49. The average molecular weight is 534 g/mol. The lowest BCUT2D eigenvalue weighted by molar-refractivity contribution is 0.194. The number of hydrogen-bond acceptors (Lipinski definition) is 4. The first-order chi connectivity index (χ1) is 19.6. The van der Waals surface area contributed by atoms with Crippen LogP contribution in [0.3, 0.4) is 0 Å². The molecule has 3 heterocycles. The Bertz CT molecular complexity index is 1640. The summed E-state index contributed by atoms with van der Waals surface area (Å²) in [5, 5.41) is 8.14. The van der Waals surface area contributed by atoms with E-state index in [0.29, 0.717) is 23.7 Å². The Balaban J connectivity index is 1.52. The van der Waals surface area contributed by atoms with Crippen molar-refractivity contribution in [2.75, 3.05) is 19.5 Å². The number of amides is 2. The van der Waals surface area contributed by atoms with Crippen LogP contribution in [0.15, 0.2) is 97.2 Å². The standard InChI is InChI=1S/C32H31N5O3/c1-4-26-25-21-36(32(38)33-27-18-17-24(39-2)20-29(27)40-3)30(22-12-7-5-8-13-22)28-16-11-19-35(28)31(25)37(34-26)23-14-9-6-10-15-23/h5-20,30H,4,21H2,1-3H3,(H,33,38). The van der Waals surface area contributed by atoms with Gasteiger partial charge in [-0.3, -0.25) is 0 Å². The van der Waals surface area contributed by atoms with Crippen LogP contribution >= 0.6 is 0 Å². The van der Waals surface area contributed by atoms with Gasteiger partial charge in [-0.25, -0.2) is 9.48 Å². The van der Waals surface area contributed by atoms with Gasteiger partial charge in [0.25, 0.3) is 0 Å². The van der Waals surface area contributed by atoms with Crippen molar-refractivity contribution in [2.24, 2.45) is 0 Å². The predicted molar refractivity (Wildman–Crippen MR) is 155 cm³/mol. The fourth-order valence-electron chi connectivity index (χ4n) is 5.42. The first-order valence-electron chi connectivity index (χ1n) is 13.3. The fourth-order valence-corrected chi connectivity index (χ4v) is 5.42. The molecule has 8 heteroatoms. The molecule has 0 fully saturated rings. The van der Waals surface area contributed by atoms with Crippen molar-refractivity contribution >= 4 is 11.7 Å². The molecule has 0 saturated heterocycles. The van der Waals surface area contributed by atoms with Gasteiger partial charge in [0.05, 0.1) is 49.6 Å². The van der Waals surface area contributed by atoms with E-state index in [0.717, 1.165) is 40.4 Å². The highest BCUT2D eigenvalue weighted by molar-refractivity contribution is 5.92. The molecule has 6 rings (SSSR count). The van der Waals surface area contributed by atoms with E-state index in [1.807, 2.05) is 52.0 Å². The van der Waals surface area contributed by atoms with Crippen molar-refractivity contribution in [1.82, 2.24) is 19.2 Å². The maximum atomic E-state index is 14.2. The fraction of sp³-hybridized carbons (Fsp3) is 0.188. The summed E-state index contributed by atoms with van der Waals surface area (Å²) in [6.45, 7) is 2.47. The summed E-state index contributed by atoms with van der Waals surface area (Å²) in [5.74, 6) is 2.12. The highest BCUT2D eigenvalue weighted by Gasteiger charge is 2.36. The number of nitrogens with one attached hydrogen (secondary N) is 1. The Morgan fingerprint density at radius 2 is 1.70 bits per heavy atom. The SMILES string of the molecule is CCc1nn(-c2ccccc2)c2c1CN(C(=O)Nc1ccc(OC)cc1OC)C(c1ccccc1)c1cccn1-2. The van der Waals surface area contributed by atoms with Gasteiger partial charge in [0.1, 0.15) is 17.3 Å². The van der Waals surface area contributed by atoms with E-state index in [1.165, 1.54) is 0 Å². The number of urea groups is 1. The summed E-state index contributed by atoms with van der Waals surface area (Å²) < 4.78 is 15.1. The van der Waals surface area contributed by atoms with Crippen LogP contribution in [0.1, 0.15) is 35.5 Å². The Kier molecular flexibility index (Phi) is 6.74. The Hall–Kier alpha value is -4.98. The molecule has 5 aromatic rings. The number of para-hydroxylation sites is 1. The summed E-state index contributed by atoms with van der Waals surface area (Å²) in [4.78, 5) is 16.1. The van der Waals surface area contributed by atoms with Gasteiger partial charge in [0.2, 0.25) is 0 Å². The van der Waals surface area contributed by atoms with Gasteiger partial charge >= 0.3 is 6.03 Å². The minimum absolute atomic E-state index is 0.243. The summed E-state index contributed by atoms with van der Waals surface area (Å²) in [7, 11) is 3.18. The van der Waals surface area contributed by atoms with Gasteiger partial charge in [0, 0.05) is 17.8 Å². The van der Waals surface area contributed by atoms with Gasteiger partial charge in [-0.05, 0) is 48.4 Å².